The predicted molar refractivity (Wildman–Crippen MR) is 111 cm³/mol. The average molecular weight is 502 g/mol. The number of fused-ring (bicyclic) bond motifs is 2. The van der Waals surface area contributed by atoms with Gasteiger partial charge in [-0.2, -0.15) is 5.10 Å². The molecule has 4 rings (SSSR count). The van der Waals surface area contributed by atoms with Crippen LogP contribution in [0, 0.1) is 11.7 Å². The van der Waals surface area contributed by atoms with Gasteiger partial charge in [0.1, 0.15) is 0 Å². The number of ether oxygens (including phenoxy) is 1. The van der Waals surface area contributed by atoms with Crippen molar-refractivity contribution in [2.75, 3.05) is 7.11 Å². The van der Waals surface area contributed by atoms with Gasteiger partial charge in [-0.1, -0.05) is 6.92 Å². The second-order valence-electron chi connectivity index (χ2n) is 7.29. The minimum Gasteiger partial charge on any atom is -0.481 e. The molecule has 0 spiro atoms. The van der Waals surface area contributed by atoms with Gasteiger partial charge < -0.3 is 9.64 Å². The quantitative estimate of drug-likeness (QED) is 0.463. The number of pyridine rings is 1. The number of halogens is 2. The van der Waals surface area contributed by atoms with Crippen LogP contribution in [0.4, 0.5) is 4.39 Å². The maximum Gasteiger partial charge on any atom is 0.274 e. The highest BCUT2D eigenvalue weighted by Gasteiger charge is 2.42. The zero-order chi connectivity index (χ0) is 19.1. The zero-order valence-electron chi connectivity index (χ0n) is 15.2. The number of methoxy groups -OCH3 is 1. The summed E-state index contributed by atoms with van der Waals surface area (Å²) in [6.45, 7) is 2.26. The summed E-state index contributed by atoms with van der Waals surface area (Å²) in [4.78, 5) is 19.1. The Balaban J connectivity index is 1.69. The highest BCUT2D eigenvalue weighted by molar-refractivity contribution is 14.2. The molecule has 27 heavy (non-hydrogen) atoms. The van der Waals surface area contributed by atoms with Gasteiger partial charge in [0.05, 0.1) is 25.4 Å². The van der Waals surface area contributed by atoms with E-state index < -0.39 is 5.82 Å². The molecule has 144 valence electrons. The van der Waals surface area contributed by atoms with E-state index in [1.165, 1.54) is 7.11 Å². The molecule has 2 aliphatic rings. The molecule has 4 heterocycles. The topological polar surface area (TPSA) is 60.2 Å². The summed E-state index contributed by atoms with van der Waals surface area (Å²) in [5.74, 6) is 0.490. The van der Waals surface area contributed by atoms with Crippen molar-refractivity contribution in [2.45, 2.75) is 44.7 Å². The lowest BCUT2D eigenvalue weighted by Gasteiger charge is -2.37. The highest BCUT2D eigenvalue weighted by Crippen LogP contribution is 2.40. The fourth-order valence-corrected chi connectivity index (χ4v) is 5.91. The third-order valence-electron chi connectivity index (χ3n) is 5.53. The number of rotatable bonds is 4. The van der Waals surface area contributed by atoms with Crippen molar-refractivity contribution in [3.8, 4) is 17.1 Å². The van der Waals surface area contributed by atoms with Gasteiger partial charge in [-0.05, 0) is 59.7 Å². The first-order valence-electron chi connectivity index (χ1n) is 9.01. The van der Waals surface area contributed by atoms with Crippen molar-refractivity contribution in [1.82, 2.24) is 19.4 Å². The molecule has 0 aliphatic carbocycles. The van der Waals surface area contributed by atoms with Crippen molar-refractivity contribution in [3.05, 3.63) is 29.8 Å². The summed E-state index contributed by atoms with van der Waals surface area (Å²) in [5, 5.41) is 4.49. The van der Waals surface area contributed by atoms with E-state index in [-0.39, 0.29) is 12.3 Å². The van der Waals surface area contributed by atoms with Crippen LogP contribution >= 0.6 is 28.4 Å². The number of carbonyl (C=O) groups excluding carboxylic acids is 1. The first-order valence-corrected chi connectivity index (χ1v) is 13.1. The maximum absolute atomic E-state index is 14.4. The molecule has 3 unspecified atom stereocenters. The standard InChI is InChI=1S/C18H21FIN4O2P/c1-10-5-11-3-4-12(6-10)23(11)18(25)15-8-16(24(22-15)27-20)13-7-17(26-2)21-9-14(13)19/h7-12,27H,3-6H2,1-2H3. The number of amides is 1. The van der Waals surface area contributed by atoms with E-state index in [9.17, 15) is 9.18 Å². The molecule has 9 heteroatoms. The molecule has 2 fully saturated rings. The summed E-state index contributed by atoms with van der Waals surface area (Å²) in [7, 11) is 1.49. The van der Waals surface area contributed by atoms with Crippen LogP contribution in [-0.2, 0) is 0 Å². The first kappa shape index (κ1) is 19.1. The number of carbonyl (C=O) groups is 1. The minimum atomic E-state index is -0.461. The molecule has 2 saturated heterocycles. The van der Waals surface area contributed by atoms with E-state index in [1.54, 1.807) is 16.6 Å². The van der Waals surface area contributed by atoms with E-state index >= 15 is 0 Å². The van der Waals surface area contributed by atoms with Crippen LogP contribution in [0.3, 0.4) is 0 Å². The number of piperidine rings is 1. The fraction of sp³-hybridized carbons (Fsp3) is 0.500. The molecule has 2 bridgehead atoms. The number of hydrogen-bond acceptors (Lipinski definition) is 4. The van der Waals surface area contributed by atoms with Crippen LogP contribution in [0.15, 0.2) is 18.3 Å². The van der Waals surface area contributed by atoms with E-state index in [4.69, 9.17) is 4.74 Å². The van der Waals surface area contributed by atoms with Gasteiger partial charge >= 0.3 is 0 Å². The SMILES string of the molecule is COc1cc(-c2cc(C(=O)N3C4CCC3CC(C)C4)nn2PI)c(F)cn1. The summed E-state index contributed by atoms with van der Waals surface area (Å²) in [5.41, 5.74) is 1.30. The van der Waals surface area contributed by atoms with E-state index in [2.05, 4.69) is 39.0 Å². The smallest absolute Gasteiger partial charge is 0.274 e. The molecular formula is C18H21FIN4O2P. The average Bonchev–Trinajstić information content (AvgIpc) is 3.21. The first-order chi connectivity index (χ1) is 13.0. The van der Waals surface area contributed by atoms with E-state index in [0.29, 0.717) is 40.8 Å². The Bertz CT molecular complexity index is 863. The second-order valence-corrected chi connectivity index (χ2v) is 9.33. The fourth-order valence-electron chi connectivity index (χ4n) is 4.38. The van der Waals surface area contributed by atoms with Crippen molar-refractivity contribution in [3.63, 3.8) is 0 Å². The molecule has 6 nitrogen and oxygen atoms in total. The van der Waals surface area contributed by atoms with Crippen LogP contribution in [-0.4, -0.2) is 44.5 Å². The Labute approximate surface area is 172 Å². The lowest BCUT2D eigenvalue weighted by molar-refractivity contribution is 0.0532. The molecule has 0 N–H and O–H groups in total. The van der Waals surface area contributed by atoms with E-state index in [1.807, 2.05) is 4.90 Å². The number of aromatic nitrogens is 3. The van der Waals surface area contributed by atoms with Gasteiger partial charge in [-0.3, -0.25) is 4.79 Å². The molecule has 2 aromatic heterocycles. The maximum atomic E-state index is 14.4. The molecule has 1 amide bonds. The van der Waals surface area contributed by atoms with Crippen LogP contribution in [0.1, 0.15) is 43.1 Å². The Morgan fingerprint density at radius 1 is 1.33 bits per heavy atom. The van der Waals surface area contributed by atoms with Gasteiger partial charge in [0, 0.05) is 23.7 Å². The largest absolute Gasteiger partial charge is 0.481 e. The highest BCUT2D eigenvalue weighted by atomic mass is 127. The Morgan fingerprint density at radius 2 is 2.04 bits per heavy atom. The normalized spacial score (nSPS) is 24.7. The zero-order valence-corrected chi connectivity index (χ0v) is 18.3. The van der Waals surface area contributed by atoms with Gasteiger partial charge in [0.2, 0.25) is 5.88 Å². The molecule has 2 aliphatic heterocycles. The summed E-state index contributed by atoms with van der Waals surface area (Å²) >= 11 is 2.18. The summed E-state index contributed by atoms with van der Waals surface area (Å²) in [6.07, 6.45) is 5.63. The Hall–Kier alpha value is -1.28. The van der Waals surface area contributed by atoms with Gasteiger partial charge in [-0.25, -0.2) is 13.8 Å². The van der Waals surface area contributed by atoms with Crippen molar-refractivity contribution >= 4 is 34.3 Å². The molecule has 0 saturated carbocycles. The van der Waals surface area contributed by atoms with Crippen LogP contribution in [0.5, 0.6) is 5.88 Å². The molecule has 0 radical (unpaired) electrons. The van der Waals surface area contributed by atoms with Crippen LogP contribution < -0.4 is 4.74 Å². The van der Waals surface area contributed by atoms with Crippen molar-refractivity contribution in [1.29, 1.82) is 0 Å². The van der Waals surface area contributed by atoms with Crippen molar-refractivity contribution in [2.24, 2.45) is 5.92 Å². The predicted octanol–water partition coefficient (Wildman–Crippen LogP) is 4.29. The monoisotopic (exact) mass is 502 g/mol. The Morgan fingerprint density at radius 3 is 2.67 bits per heavy atom. The van der Waals surface area contributed by atoms with E-state index in [0.717, 1.165) is 31.9 Å². The van der Waals surface area contributed by atoms with Crippen LogP contribution in [0.25, 0.3) is 11.3 Å². The van der Waals surface area contributed by atoms with Crippen LogP contribution in [0.2, 0.25) is 0 Å². The van der Waals surface area contributed by atoms with Gasteiger partial charge in [-0.15, -0.1) is 0 Å². The number of nitrogens with zero attached hydrogens (tertiary/aromatic N) is 4. The number of hydrogen-bond donors (Lipinski definition) is 0. The molecule has 2 aromatic rings. The molecular weight excluding hydrogens is 481 g/mol. The van der Waals surface area contributed by atoms with Gasteiger partial charge in [0.25, 0.3) is 5.91 Å². The summed E-state index contributed by atoms with van der Waals surface area (Å²) < 4.78 is 21.2. The minimum absolute atomic E-state index is 0.0366. The molecule has 3 atom stereocenters. The molecule has 0 aromatic carbocycles. The summed E-state index contributed by atoms with van der Waals surface area (Å²) in [6, 6.07) is 3.85. The lowest BCUT2D eigenvalue weighted by Crippen LogP contribution is -2.46. The van der Waals surface area contributed by atoms with Crippen molar-refractivity contribution < 1.29 is 13.9 Å². The lowest BCUT2D eigenvalue weighted by atomic mass is 9.92. The third kappa shape index (κ3) is 3.46. The van der Waals surface area contributed by atoms with Gasteiger partial charge in [0.15, 0.2) is 11.5 Å². The third-order valence-corrected chi connectivity index (χ3v) is 7.40. The Kier molecular flexibility index (Phi) is 5.38. The second kappa shape index (κ2) is 7.62.